The highest BCUT2D eigenvalue weighted by Crippen LogP contribution is 2.35. The van der Waals surface area contributed by atoms with E-state index in [2.05, 4.69) is 10.2 Å². The van der Waals surface area contributed by atoms with Crippen molar-refractivity contribution in [2.75, 3.05) is 25.0 Å². The number of anilines is 1. The Balaban J connectivity index is 1.75. The average Bonchev–Trinajstić information content (AvgIpc) is 3.11. The number of nitrogens with one attached hydrogen (secondary N) is 1. The molecule has 1 saturated heterocycles. The molecular formula is C15H21FN2O. The first-order valence-electron chi connectivity index (χ1n) is 7.01. The van der Waals surface area contributed by atoms with E-state index in [-0.39, 0.29) is 18.0 Å². The smallest absolute Gasteiger partial charge is 0.125 e. The standard InChI is InChI=1S/C15H21FN2O/c1-11-6-12(16)8-13(7-11)17-15(10-19)4-5-18(9-15)14-2-3-14/h6-8,14,17,19H,2-5,9-10H2,1H3. The quantitative estimate of drug-likeness (QED) is 0.874. The molecule has 1 aliphatic carbocycles. The molecule has 2 fully saturated rings. The summed E-state index contributed by atoms with van der Waals surface area (Å²) in [6, 6.07) is 5.66. The molecule has 2 N–H and O–H groups in total. The van der Waals surface area contributed by atoms with Crippen molar-refractivity contribution >= 4 is 5.69 Å². The van der Waals surface area contributed by atoms with Crippen LogP contribution in [0.4, 0.5) is 10.1 Å². The third-order valence-electron chi connectivity index (χ3n) is 4.20. The molecule has 1 atom stereocenters. The second-order valence-corrected chi connectivity index (χ2v) is 6.03. The van der Waals surface area contributed by atoms with Gasteiger partial charge in [0, 0.05) is 24.8 Å². The van der Waals surface area contributed by atoms with E-state index in [4.69, 9.17) is 0 Å². The molecule has 0 aromatic heterocycles. The number of hydrogen-bond acceptors (Lipinski definition) is 3. The molecule has 4 heteroatoms. The van der Waals surface area contributed by atoms with E-state index in [1.165, 1.54) is 25.0 Å². The lowest BCUT2D eigenvalue weighted by Gasteiger charge is -2.30. The Hall–Kier alpha value is -1.13. The van der Waals surface area contributed by atoms with E-state index in [1.54, 1.807) is 0 Å². The van der Waals surface area contributed by atoms with Crippen LogP contribution in [0.2, 0.25) is 0 Å². The zero-order valence-corrected chi connectivity index (χ0v) is 11.3. The average molecular weight is 264 g/mol. The highest BCUT2D eigenvalue weighted by molar-refractivity contribution is 5.48. The van der Waals surface area contributed by atoms with E-state index < -0.39 is 0 Å². The summed E-state index contributed by atoms with van der Waals surface area (Å²) in [6.45, 7) is 3.84. The molecule has 0 spiro atoms. The van der Waals surface area contributed by atoms with Crippen LogP contribution < -0.4 is 5.32 Å². The number of hydrogen-bond donors (Lipinski definition) is 2. The van der Waals surface area contributed by atoms with Crippen molar-refractivity contribution in [3.8, 4) is 0 Å². The molecule has 1 aliphatic heterocycles. The minimum atomic E-state index is -0.317. The van der Waals surface area contributed by atoms with Gasteiger partial charge in [-0.05, 0) is 49.9 Å². The third kappa shape index (κ3) is 2.74. The highest BCUT2D eigenvalue weighted by atomic mass is 19.1. The minimum absolute atomic E-state index is 0.0891. The van der Waals surface area contributed by atoms with E-state index in [0.29, 0.717) is 6.04 Å². The lowest BCUT2D eigenvalue weighted by atomic mass is 9.99. The molecular weight excluding hydrogens is 243 g/mol. The summed E-state index contributed by atoms with van der Waals surface area (Å²) in [5.74, 6) is -0.229. The van der Waals surface area contributed by atoms with Crippen LogP contribution >= 0.6 is 0 Å². The number of likely N-dealkylation sites (tertiary alicyclic amines) is 1. The second-order valence-electron chi connectivity index (χ2n) is 6.03. The summed E-state index contributed by atoms with van der Waals surface area (Å²) in [6.07, 6.45) is 3.47. The molecule has 1 saturated carbocycles. The molecule has 1 aromatic carbocycles. The SMILES string of the molecule is Cc1cc(F)cc(NC2(CO)CCN(C3CC3)C2)c1. The molecule has 3 nitrogen and oxygen atoms in total. The van der Waals surface area contributed by atoms with Crippen molar-refractivity contribution in [3.05, 3.63) is 29.6 Å². The fourth-order valence-corrected chi connectivity index (χ4v) is 3.04. The van der Waals surface area contributed by atoms with Crippen molar-refractivity contribution in [2.24, 2.45) is 0 Å². The van der Waals surface area contributed by atoms with E-state index >= 15 is 0 Å². The Morgan fingerprint density at radius 2 is 2.21 bits per heavy atom. The first kappa shape index (κ1) is 12.9. The first-order chi connectivity index (χ1) is 9.10. The van der Waals surface area contributed by atoms with Crippen molar-refractivity contribution in [1.29, 1.82) is 0 Å². The summed E-state index contributed by atoms with van der Waals surface area (Å²) in [5.41, 5.74) is 1.35. The van der Waals surface area contributed by atoms with Crippen LogP contribution in [-0.2, 0) is 0 Å². The summed E-state index contributed by atoms with van der Waals surface area (Å²) in [4.78, 5) is 2.44. The summed E-state index contributed by atoms with van der Waals surface area (Å²) < 4.78 is 13.4. The minimum Gasteiger partial charge on any atom is -0.394 e. The number of benzene rings is 1. The number of halogens is 1. The largest absolute Gasteiger partial charge is 0.394 e. The van der Waals surface area contributed by atoms with E-state index in [9.17, 15) is 9.50 Å². The molecule has 3 rings (SSSR count). The summed E-state index contributed by atoms with van der Waals surface area (Å²) in [7, 11) is 0. The van der Waals surface area contributed by atoms with Gasteiger partial charge in [0.05, 0.1) is 12.1 Å². The molecule has 19 heavy (non-hydrogen) atoms. The van der Waals surface area contributed by atoms with Crippen molar-refractivity contribution in [2.45, 2.75) is 37.8 Å². The van der Waals surface area contributed by atoms with Crippen LogP contribution in [0.1, 0.15) is 24.8 Å². The van der Waals surface area contributed by atoms with Crippen LogP contribution in [0.5, 0.6) is 0 Å². The van der Waals surface area contributed by atoms with Crippen molar-refractivity contribution in [3.63, 3.8) is 0 Å². The molecule has 0 radical (unpaired) electrons. The number of rotatable bonds is 4. The van der Waals surface area contributed by atoms with Gasteiger partial charge < -0.3 is 10.4 Å². The molecule has 1 aromatic rings. The van der Waals surface area contributed by atoms with Crippen molar-refractivity contribution < 1.29 is 9.50 Å². The second kappa shape index (κ2) is 4.76. The number of aliphatic hydroxyl groups is 1. The normalized spacial score (nSPS) is 27.7. The van der Waals surface area contributed by atoms with Gasteiger partial charge in [-0.2, -0.15) is 0 Å². The molecule has 0 bridgehead atoms. The van der Waals surface area contributed by atoms with E-state index in [0.717, 1.165) is 30.8 Å². The molecule has 1 unspecified atom stereocenters. The van der Waals surface area contributed by atoms with Crippen molar-refractivity contribution in [1.82, 2.24) is 4.90 Å². The predicted octanol–water partition coefficient (Wildman–Crippen LogP) is 2.15. The number of aliphatic hydroxyl groups excluding tert-OH is 1. The van der Waals surface area contributed by atoms with Gasteiger partial charge in [-0.15, -0.1) is 0 Å². The third-order valence-corrected chi connectivity index (χ3v) is 4.20. The predicted molar refractivity (Wildman–Crippen MR) is 73.8 cm³/mol. The topological polar surface area (TPSA) is 35.5 Å². The van der Waals surface area contributed by atoms with Gasteiger partial charge in [0.15, 0.2) is 0 Å². The molecule has 1 heterocycles. The number of nitrogens with zero attached hydrogens (tertiary/aromatic N) is 1. The maximum atomic E-state index is 13.4. The Kier molecular flexibility index (Phi) is 3.23. The van der Waals surface area contributed by atoms with Gasteiger partial charge in [-0.3, -0.25) is 4.90 Å². The van der Waals surface area contributed by atoms with E-state index in [1.807, 2.05) is 13.0 Å². The van der Waals surface area contributed by atoms with Gasteiger partial charge in [-0.25, -0.2) is 4.39 Å². The van der Waals surface area contributed by atoms with Crippen LogP contribution in [0.15, 0.2) is 18.2 Å². The zero-order chi connectivity index (χ0) is 13.5. The van der Waals surface area contributed by atoms with Gasteiger partial charge in [-0.1, -0.05) is 0 Å². The van der Waals surface area contributed by atoms with Crippen LogP contribution in [0.3, 0.4) is 0 Å². The molecule has 104 valence electrons. The molecule has 0 amide bonds. The summed E-state index contributed by atoms with van der Waals surface area (Å²) >= 11 is 0. The summed E-state index contributed by atoms with van der Waals surface area (Å²) in [5, 5.41) is 13.1. The Labute approximate surface area is 113 Å². The fourth-order valence-electron chi connectivity index (χ4n) is 3.04. The van der Waals surface area contributed by atoms with Gasteiger partial charge >= 0.3 is 0 Å². The lowest BCUT2D eigenvalue weighted by molar-refractivity contribution is 0.205. The van der Waals surface area contributed by atoms with Gasteiger partial charge in [0.25, 0.3) is 0 Å². The van der Waals surface area contributed by atoms with Gasteiger partial charge in [0.2, 0.25) is 0 Å². The Bertz CT molecular complexity index is 455. The van der Waals surface area contributed by atoms with Crippen LogP contribution in [-0.4, -0.2) is 41.3 Å². The zero-order valence-electron chi connectivity index (χ0n) is 11.3. The first-order valence-corrected chi connectivity index (χ1v) is 7.01. The lowest BCUT2D eigenvalue weighted by Crippen LogP contribution is -2.45. The maximum Gasteiger partial charge on any atom is 0.125 e. The highest BCUT2D eigenvalue weighted by Gasteiger charge is 2.42. The number of aryl methyl sites for hydroxylation is 1. The Morgan fingerprint density at radius 1 is 1.42 bits per heavy atom. The fraction of sp³-hybridized carbons (Fsp3) is 0.600. The monoisotopic (exact) mass is 264 g/mol. The van der Waals surface area contributed by atoms with Gasteiger partial charge in [0.1, 0.15) is 5.82 Å². The Morgan fingerprint density at radius 3 is 2.84 bits per heavy atom. The van der Waals surface area contributed by atoms with Crippen LogP contribution in [0, 0.1) is 12.7 Å². The molecule has 2 aliphatic rings. The maximum absolute atomic E-state index is 13.4. The van der Waals surface area contributed by atoms with Crippen LogP contribution in [0.25, 0.3) is 0 Å².